The summed E-state index contributed by atoms with van der Waals surface area (Å²) < 4.78 is 14.0. The fraction of sp³-hybridized carbons (Fsp3) is 0.462. The third-order valence-corrected chi connectivity index (χ3v) is 2.83. The molecule has 100 valence electrons. The molecule has 5 heteroatoms. The maximum atomic E-state index is 14.0. The first kappa shape index (κ1) is 14.4. The van der Waals surface area contributed by atoms with E-state index in [-0.39, 0.29) is 11.4 Å². The van der Waals surface area contributed by atoms with E-state index < -0.39 is 5.82 Å². The fourth-order valence-electron chi connectivity index (χ4n) is 1.79. The van der Waals surface area contributed by atoms with Gasteiger partial charge in [0.15, 0.2) is 5.84 Å². The SMILES string of the molecule is CCCC(C)NCc1cccc(/C(N)=N/O)c1F. The van der Waals surface area contributed by atoms with Crippen molar-refractivity contribution in [2.24, 2.45) is 10.9 Å². The van der Waals surface area contributed by atoms with Gasteiger partial charge in [-0.3, -0.25) is 0 Å². The van der Waals surface area contributed by atoms with Crippen LogP contribution >= 0.6 is 0 Å². The van der Waals surface area contributed by atoms with Gasteiger partial charge in [0.2, 0.25) is 0 Å². The molecule has 0 aliphatic carbocycles. The van der Waals surface area contributed by atoms with Crippen LogP contribution in [0.15, 0.2) is 23.4 Å². The van der Waals surface area contributed by atoms with Crippen molar-refractivity contribution in [3.63, 3.8) is 0 Å². The lowest BCUT2D eigenvalue weighted by Crippen LogP contribution is -2.26. The van der Waals surface area contributed by atoms with Gasteiger partial charge in [0.25, 0.3) is 0 Å². The largest absolute Gasteiger partial charge is 0.409 e. The zero-order valence-corrected chi connectivity index (χ0v) is 10.8. The predicted molar refractivity (Wildman–Crippen MR) is 70.1 cm³/mol. The van der Waals surface area contributed by atoms with E-state index >= 15 is 0 Å². The number of amidine groups is 1. The Hall–Kier alpha value is -1.62. The number of nitrogens with zero attached hydrogens (tertiary/aromatic N) is 1. The number of hydrogen-bond donors (Lipinski definition) is 3. The van der Waals surface area contributed by atoms with Gasteiger partial charge in [-0.15, -0.1) is 0 Å². The van der Waals surface area contributed by atoms with Crippen molar-refractivity contribution in [1.82, 2.24) is 5.32 Å². The van der Waals surface area contributed by atoms with Crippen LogP contribution in [0, 0.1) is 5.82 Å². The van der Waals surface area contributed by atoms with Crippen molar-refractivity contribution in [1.29, 1.82) is 0 Å². The first-order valence-electron chi connectivity index (χ1n) is 6.08. The molecule has 4 nitrogen and oxygen atoms in total. The molecular formula is C13H20FN3O. The van der Waals surface area contributed by atoms with Crippen LogP contribution in [0.2, 0.25) is 0 Å². The third kappa shape index (κ3) is 3.70. The Balaban J connectivity index is 2.78. The fourth-order valence-corrected chi connectivity index (χ4v) is 1.79. The Bertz CT molecular complexity index is 421. The molecule has 0 heterocycles. The van der Waals surface area contributed by atoms with Crippen molar-refractivity contribution < 1.29 is 9.60 Å². The molecular weight excluding hydrogens is 233 g/mol. The smallest absolute Gasteiger partial charge is 0.173 e. The first-order valence-corrected chi connectivity index (χ1v) is 6.08. The van der Waals surface area contributed by atoms with E-state index in [0.717, 1.165) is 12.8 Å². The lowest BCUT2D eigenvalue weighted by Gasteiger charge is -2.14. The monoisotopic (exact) mass is 253 g/mol. The summed E-state index contributed by atoms with van der Waals surface area (Å²) in [6.45, 7) is 4.60. The first-order chi connectivity index (χ1) is 8.60. The number of nitrogens with two attached hydrogens (primary N) is 1. The molecule has 0 saturated carbocycles. The zero-order valence-electron chi connectivity index (χ0n) is 10.8. The number of halogens is 1. The van der Waals surface area contributed by atoms with E-state index in [1.54, 1.807) is 12.1 Å². The molecule has 0 bridgehead atoms. The Morgan fingerprint density at radius 3 is 2.89 bits per heavy atom. The van der Waals surface area contributed by atoms with Gasteiger partial charge in [-0.2, -0.15) is 0 Å². The summed E-state index contributed by atoms with van der Waals surface area (Å²) >= 11 is 0. The minimum atomic E-state index is -0.441. The van der Waals surface area contributed by atoms with Gasteiger partial charge in [-0.05, 0) is 19.4 Å². The topological polar surface area (TPSA) is 70.6 Å². The molecule has 1 atom stereocenters. The normalized spacial score (nSPS) is 13.6. The molecule has 1 aromatic rings. The summed E-state index contributed by atoms with van der Waals surface area (Å²) in [5, 5.41) is 14.6. The molecule has 0 spiro atoms. The molecule has 0 aliphatic heterocycles. The van der Waals surface area contributed by atoms with Gasteiger partial charge in [-0.1, -0.05) is 30.6 Å². The summed E-state index contributed by atoms with van der Waals surface area (Å²) in [6.07, 6.45) is 2.13. The van der Waals surface area contributed by atoms with Crippen molar-refractivity contribution in [3.8, 4) is 0 Å². The number of nitrogens with one attached hydrogen (secondary N) is 1. The van der Waals surface area contributed by atoms with E-state index in [9.17, 15) is 4.39 Å². The van der Waals surface area contributed by atoms with Gasteiger partial charge in [0.05, 0.1) is 5.56 Å². The van der Waals surface area contributed by atoms with Crippen LogP contribution in [0.4, 0.5) is 4.39 Å². The van der Waals surface area contributed by atoms with Gasteiger partial charge in [0.1, 0.15) is 5.82 Å². The van der Waals surface area contributed by atoms with Crippen LogP contribution in [0.1, 0.15) is 37.8 Å². The van der Waals surface area contributed by atoms with E-state index in [2.05, 4.69) is 24.3 Å². The average molecular weight is 253 g/mol. The molecule has 0 fully saturated rings. The van der Waals surface area contributed by atoms with Crippen LogP contribution in [-0.4, -0.2) is 17.1 Å². The van der Waals surface area contributed by atoms with Crippen LogP contribution in [0.25, 0.3) is 0 Å². The second-order valence-electron chi connectivity index (χ2n) is 4.33. The van der Waals surface area contributed by atoms with Crippen LogP contribution < -0.4 is 11.1 Å². The van der Waals surface area contributed by atoms with Crippen molar-refractivity contribution in [2.45, 2.75) is 39.3 Å². The highest BCUT2D eigenvalue weighted by atomic mass is 19.1. The summed E-state index contributed by atoms with van der Waals surface area (Å²) in [4.78, 5) is 0. The van der Waals surface area contributed by atoms with Crippen molar-refractivity contribution in [3.05, 3.63) is 35.1 Å². The highest BCUT2D eigenvalue weighted by molar-refractivity contribution is 5.97. The third-order valence-electron chi connectivity index (χ3n) is 2.83. The maximum Gasteiger partial charge on any atom is 0.173 e. The number of rotatable bonds is 6. The molecule has 18 heavy (non-hydrogen) atoms. The molecule has 0 aliphatic rings. The van der Waals surface area contributed by atoms with Crippen LogP contribution in [0.3, 0.4) is 0 Å². The van der Waals surface area contributed by atoms with E-state index in [4.69, 9.17) is 10.9 Å². The maximum absolute atomic E-state index is 14.0. The average Bonchev–Trinajstić information content (AvgIpc) is 2.37. The van der Waals surface area contributed by atoms with Crippen molar-refractivity contribution >= 4 is 5.84 Å². The van der Waals surface area contributed by atoms with Crippen molar-refractivity contribution in [2.75, 3.05) is 0 Å². The summed E-state index contributed by atoms with van der Waals surface area (Å²) in [7, 11) is 0. The molecule has 0 aromatic heterocycles. The highest BCUT2D eigenvalue weighted by Gasteiger charge is 2.11. The molecule has 1 rings (SSSR count). The highest BCUT2D eigenvalue weighted by Crippen LogP contribution is 2.13. The molecule has 4 N–H and O–H groups in total. The second-order valence-corrected chi connectivity index (χ2v) is 4.33. The lowest BCUT2D eigenvalue weighted by atomic mass is 10.1. The zero-order chi connectivity index (χ0) is 13.5. The van der Waals surface area contributed by atoms with Gasteiger partial charge in [-0.25, -0.2) is 4.39 Å². The lowest BCUT2D eigenvalue weighted by molar-refractivity contribution is 0.318. The Morgan fingerprint density at radius 2 is 2.28 bits per heavy atom. The molecule has 0 amide bonds. The number of oxime groups is 1. The van der Waals surface area contributed by atoms with E-state index in [1.807, 2.05) is 0 Å². The van der Waals surface area contributed by atoms with Gasteiger partial charge < -0.3 is 16.3 Å². The van der Waals surface area contributed by atoms with Gasteiger partial charge >= 0.3 is 0 Å². The second kappa shape index (κ2) is 6.96. The standard InChI is InChI=1S/C13H20FN3O/c1-3-5-9(2)16-8-10-6-4-7-11(12(10)14)13(15)17-18/h4,6-7,9,16,18H,3,5,8H2,1-2H3,(H2,15,17). The molecule has 0 saturated heterocycles. The van der Waals surface area contributed by atoms with Crippen LogP contribution in [0.5, 0.6) is 0 Å². The summed E-state index contributed by atoms with van der Waals surface area (Å²) in [5.41, 5.74) is 6.05. The quantitative estimate of drug-likeness (QED) is 0.315. The number of benzene rings is 1. The Kier molecular flexibility index (Phi) is 5.58. The van der Waals surface area contributed by atoms with Gasteiger partial charge in [0, 0.05) is 18.2 Å². The molecule has 0 radical (unpaired) electrons. The van der Waals surface area contributed by atoms with E-state index in [1.165, 1.54) is 6.07 Å². The minimum absolute atomic E-state index is 0.125. The van der Waals surface area contributed by atoms with E-state index in [0.29, 0.717) is 18.2 Å². The Labute approximate surface area is 107 Å². The Morgan fingerprint density at radius 1 is 1.56 bits per heavy atom. The predicted octanol–water partition coefficient (Wildman–Crippen LogP) is 2.20. The minimum Gasteiger partial charge on any atom is -0.409 e. The molecule has 1 unspecified atom stereocenters. The van der Waals surface area contributed by atoms with Crippen LogP contribution in [-0.2, 0) is 6.54 Å². The summed E-state index contributed by atoms with van der Waals surface area (Å²) in [6, 6.07) is 5.21. The summed E-state index contributed by atoms with van der Waals surface area (Å²) in [5.74, 6) is -0.653. The molecule has 1 aromatic carbocycles. The number of hydrogen-bond acceptors (Lipinski definition) is 3.